The number of carbonyl (C=O) groups is 1. The van der Waals surface area contributed by atoms with Crippen LogP contribution in [0.2, 0.25) is 0 Å². The maximum atomic E-state index is 11.7. The van der Waals surface area contributed by atoms with Gasteiger partial charge in [0.05, 0.1) is 15.6 Å². The Morgan fingerprint density at radius 3 is 2.83 bits per heavy atom. The molecule has 0 unspecified atom stereocenters. The lowest BCUT2D eigenvalue weighted by Crippen LogP contribution is -2.24. The number of halogens is 1. The molecule has 0 aliphatic heterocycles. The van der Waals surface area contributed by atoms with E-state index in [0.717, 1.165) is 5.56 Å². The second kappa shape index (κ2) is 8.21. The average Bonchev–Trinajstić information content (AvgIpc) is 2.55. The fourth-order valence-corrected chi connectivity index (χ4v) is 2.21. The number of ether oxygens (including phenoxy) is 1. The zero-order valence-corrected chi connectivity index (χ0v) is 14.3. The van der Waals surface area contributed by atoms with E-state index < -0.39 is 10.8 Å². The largest absolute Gasteiger partial charge is 0.483 e. The minimum Gasteiger partial charge on any atom is -0.483 e. The van der Waals surface area contributed by atoms with Crippen LogP contribution in [-0.2, 0) is 4.79 Å². The predicted molar refractivity (Wildman–Crippen MR) is 93.2 cm³/mol. The molecule has 1 amide bonds. The molecule has 0 heterocycles. The van der Waals surface area contributed by atoms with E-state index in [1.165, 1.54) is 12.3 Å². The SMILES string of the molecule is Cc1ccccc1OCC(=O)N/N=C/c1ccc(Br)c([N+](=O)[O-])c1. The van der Waals surface area contributed by atoms with E-state index in [4.69, 9.17) is 4.74 Å². The van der Waals surface area contributed by atoms with Gasteiger partial charge in [-0.25, -0.2) is 5.43 Å². The van der Waals surface area contributed by atoms with E-state index in [1.54, 1.807) is 18.2 Å². The first-order valence-corrected chi connectivity index (χ1v) is 7.71. The van der Waals surface area contributed by atoms with Gasteiger partial charge in [-0.15, -0.1) is 0 Å². The maximum Gasteiger partial charge on any atom is 0.284 e. The molecule has 0 saturated heterocycles. The highest BCUT2D eigenvalue weighted by Crippen LogP contribution is 2.24. The van der Waals surface area contributed by atoms with Gasteiger partial charge in [0.1, 0.15) is 5.75 Å². The Balaban J connectivity index is 1.90. The number of nitrogens with zero attached hydrogens (tertiary/aromatic N) is 2. The molecule has 0 atom stereocenters. The normalized spacial score (nSPS) is 10.6. The van der Waals surface area contributed by atoms with Crippen molar-refractivity contribution in [1.82, 2.24) is 5.43 Å². The van der Waals surface area contributed by atoms with Gasteiger partial charge in [-0.05, 0) is 40.5 Å². The number of nitro benzene ring substituents is 1. The molecule has 2 aromatic rings. The first kappa shape index (κ1) is 17.6. The van der Waals surface area contributed by atoms with Crippen molar-refractivity contribution >= 4 is 33.7 Å². The van der Waals surface area contributed by atoms with Crippen LogP contribution >= 0.6 is 15.9 Å². The van der Waals surface area contributed by atoms with Crippen molar-refractivity contribution in [2.75, 3.05) is 6.61 Å². The Morgan fingerprint density at radius 2 is 2.12 bits per heavy atom. The Hall–Kier alpha value is -2.74. The van der Waals surface area contributed by atoms with Crippen molar-refractivity contribution in [2.24, 2.45) is 5.10 Å². The molecule has 7 nitrogen and oxygen atoms in total. The third-order valence-corrected chi connectivity index (χ3v) is 3.69. The number of rotatable bonds is 6. The van der Waals surface area contributed by atoms with E-state index in [2.05, 4.69) is 26.5 Å². The van der Waals surface area contributed by atoms with E-state index >= 15 is 0 Å². The molecule has 0 aliphatic rings. The number of carbonyl (C=O) groups excluding carboxylic acids is 1. The summed E-state index contributed by atoms with van der Waals surface area (Å²) in [5.74, 6) is 0.196. The number of nitro groups is 1. The highest BCUT2D eigenvalue weighted by atomic mass is 79.9. The highest BCUT2D eigenvalue weighted by molar-refractivity contribution is 9.10. The van der Waals surface area contributed by atoms with Gasteiger partial charge < -0.3 is 4.74 Å². The summed E-state index contributed by atoms with van der Waals surface area (Å²) in [6.45, 7) is 1.70. The molecule has 24 heavy (non-hydrogen) atoms. The van der Waals surface area contributed by atoms with E-state index in [9.17, 15) is 14.9 Å². The molecule has 0 radical (unpaired) electrons. The second-order valence-corrected chi connectivity index (χ2v) is 5.67. The van der Waals surface area contributed by atoms with E-state index in [1.807, 2.05) is 25.1 Å². The van der Waals surface area contributed by atoms with Crippen LogP contribution in [0, 0.1) is 17.0 Å². The number of nitrogens with one attached hydrogen (secondary N) is 1. The molecule has 1 N–H and O–H groups in total. The Bertz CT molecular complexity index is 793. The van der Waals surface area contributed by atoms with Crippen LogP contribution in [0.4, 0.5) is 5.69 Å². The topological polar surface area (TPSA) is 93.8 Å². The zero-order chi connectivity index (χ0) is 17.5. The van der Waals surface area contributed by atoms with Gasteiger partial charge in [0, 0.05) is 11.6 Å². The Labute approximate surface area is 146 Å². The summed E-state index contributed by atoms with van der Waals surface area (Å²) in [6, 6.07) is 11.9. The van der Waals surface area contributed by atoms with Crippen LogP contribution in [0.5, 0.6) is 5.75 Å². The number of para-hydroxylation sites is 1. The number of hydrazone groups is 1. The molecule has 0 saturated carbocycles. The van der Waals surface area contributed by atoms with Gasteiger partial charge in [-0.1, -0.05) is 24.3 Å². The summed E-state index contributed by atoms with van der Waals surface area (Å²) in [5, 5.41) is 14.6. The van der Waals surface area contributed by atoms with Crippen molar-refractivity contribution in [3.8, 4) is 5.75 Å². The summed E-state index contributed by atoms with van der Waals surface area (Å²) < 4.78 is 5.76. The van der Waals surface area contributed by atoms with Crippen molar-refractivity contribution < 1.29 is 14.5 Å². The highest BCUT2D eigenvalue weighted by Gasteiger charge is 2.11. The maximum absolute atomic E-state index is 11.7. The number of aryl methyl sites for hydroxylation is 1. The first-order chi connectivity index (χ1) is 11.5. The van der Waals surface area contributed by atoms with E-state index in [-0.39, 0.29) is 12.3 Å². The molecule has 2 rings (SSSR count). The zero-order valence-electron chi connectivity index (χ0n) is 12.7. The van der Waals surface area contributed by atoms with Crippen LogP contribution < -0.4 is 10.2 Å². The molecule has 0 aromatic heterocycles. The number of amides is 1. The molecule has 2 aromatic carbocycles. The summed E-state index contributed by atoms with van der Waals surface area (Å²) in [6.07, 6.45) is 1.32. The van der Waals surface area contributed by atoms with Crippen LogP contribution in [-0.4, -0.2) is 23.7 Å². The summed E-state index contributed by atoms with van der Waals surface area (Å²) >= 11 is 3.10. The van der Waals surface area contributed by atoms with Crippen LogP contribution in [0.25, 0.3) is 0 Å². The monoisotopic (exact) mass is 391 g/mol. The van der Waals surface area contributed by atoms with Crippen LogP contribution in [0.15, 0.2) is 52.0 Å². The number of hydrogen-bond donors (Lipinski definition) is 1. The van der Waals surface area contributed by atoms with Gasteiger partial charge in [0.2, 0.25) is 0 Å². The van der Waals surface area contributed by atoms with Gasteiger partial charge in [0.15, 0.2) is 6.61 Å². The summed E-state index contributed by atoms with van der Waals surface area (Å²) in [7, 11) is 0. The summed E-state index contributed by atoms with van der Waals surface area (Å²) in [4.78, 5) is 22.0. The van der Waals surface area contributed by atoms with Gasteiger partial charge >= 0.3 is 0 Å². The fourth-order valence-electron chi connectivity index (χ4n) is 1.82. The molecule has 124 valence electrons. The molecule has 0 fully saturated rings. The van der Waals surface area contributed by atoms with Gasteiger partial charge in [0.25, 0.3) is 11.6 Å². The Kier molecular flexibility index (Phi) is 6.02. The molecular weight excluding hydrogens is 378 g/mol. The van der Waals surface area contributed by atoms with Gasteiger partial charge in [-0.2, -0.15) is 5.10 Å². The predicted octanol–water partition coefficient (Wildman–Crippen LogP) is 3.19. The lowest BCUT2D eigenvalue weighted by molar-refractivity contribution is -0.385. The molecule has 0 aliphatic carbocycles. The third kappa shape index (κ3) is 4.88. The van der Waals surface area contributed by atoms with Crippen molar-refractivity contribution in [1.29, 1.82) is 0 Å². The quantitative estimate of drug-likeness (QED) is 0.464. The van der Waals surface area contributed by atoms with Gasteiger partial charge in [-0.3, -0.25) is 14.9 Å². The minimum absolute atomic E-state index is 0.0758. The third-order valence-electron chi connectivity index (χ3n) is 3.02. The minimum atomic E-state index is -0.504. The molecular formula is C16H14BrN3O4. The first-order valence-electron chi connectivity index (χ1n) is 6.91. The van der Waals surface area contributed by atoms with Crippen LogP contribution in [0.1, 0.15) is 11.1 Å². The number of hydrogen-bond acceptors (Lipinski definition) is 5. The summed E-state index contributed by atoms with van der Waals surface area (Å²) in [5.41, 5.74) is 3.65. The van der Waals surface area contributed by atoms with Crippen molar-refractivity contribution in [3.63, 3.8) is 0 Å². The lowest BCUT2D eigenvalue weighted by Gasteiger charge is -2.07. The second-order valence-electron chi connectivity index (χ2n) is 4.82. The average molecular weight is 392 g/mol. The van der Waals surface area contributed by atoms with Crippen LogP contribution in [0.3, 0.4) is 0 Å². The Morgan fingerprint density at radius 1 is 1.38 bits per heavy atom. The van der Waals surface area contributed by atoms with E-state index in [0.29, 0.717) is 15.8 Å². The molecule has 8 heteroatoms. The standard InChI is InChI=1S/C16H14BrN3O4/c1-11-4-2-3-5-15(11)24-10-16(21)19-18-9-12-6-7-13(17)14(8-12)20(22)23/h2-9H,10H2,1H3,(H,19,21)/b18-9+. The molecule has 0 bridgehead atoms. The van der Waals surface area contributed by atoms with Crippen molar-refractivity contribution in [2.45, 2.75) is 6.92 Å². The molecule has 0 spiro atoms. The van der Waals surface area contributed by atoms with Crippen molar-refractivity contribution in [3.05, 3.63) is 68.2 Å². The fraction of sp³-hybridized carbons (Fsp3) is 0.125. The smallest absolute Gasteiger partial charge is 0.284 e. The number of benzene rings is 2. The lowest BCUT2D eigenvalue weighted by atomic mass is 10.2.